The number of unbranched alkanes of at least 4 members (excludes halogenated alkanes) is 18. The van der Waals surface area contributed by atoms with Gasteiger partial charge in [-0.1, -0.05) is 122 Å². The molecule has 0 radical (unpaired) electrons. The summed E-state index contributed by atoms with van der Waals surface area (Å²) in [5.74, 6) is -0.0301. The highest BCUT2D eigenvalue weighted by atomic mass is 16.7. The summed E-state index contributed by atoms with van der Waals surface area (Å²) < 4.78 is 17.8. The van der Waals surface area contributed by atoms with Crippen LogP contribution < -0.4 is 0 Å². The van der Waals surface area contributed by atoms with Gasteiger partial charge in [0.25, 0.3) is 0 Å². The van der Waals surface area contributed by atoms with E-state index in [4.69, 9.17) is 14.2 Å². The fourth-order valence-electron chi connectivity index (χ4n) is 6.05. The van der Waals surface area contributed by atoms with Crippen LogP contribution in [0.4, 0.5) is 0 Å². The van der Waals surface area contributed by atoms with Gasteiger partial charge < -0.3 is 24.2 Å². The topological polar surface area (TPSA) is 68.2 Å². The van der Waals surface area contributed by atoms with Gasteiger partial charge in [0, 0.05) is 26.2 Å². The fourth-order valence-corrected chi connectivity index (χ4v) is 6.05. The van der Waals surface area contributed by atoms with E-state index >= 15 is 0 Å². The number of hydrogen-bond acceptors (Lipinski definition) is 6. The fraction of sp³-hybridized carbons (Fsp3) is 0.884. The highest BCUT2D eigenvalue weighted by Gasteiger charge is 2.10. The zero-order valence-corrected chi connectivity index (χ0v) is 33.0. The van der Waals surface area contributed by atoms with Gasteiger partial charge in [-0.15, -0.1) is 0 Å². The van der Waals surface area contributed by atoms with Crippen molar-refractivity contribution in [2.75, 3.05) is 46.1 Å². The van der Waals surface area contributed by atoms with Crippen molar-refractivity contribution in [3.05, 3.63) is 24.3 Å². The SMILES string of the molecule is CC/C=C\CCCCOC(CCCCCCCN(CCO)CCCCCCC(=O)OCCCCCCCCCC)OCCCC/C=C\CC. The predicted octanol–water partition coefficient (Wildman–Crippen LogP) is 11.9. The highest BCUT2D eigenvalue weighted by molar-refractivity contribution is 5.69. The molecule has 6 nitrogen and oxygen atoms in total. The summed E-state index contributed by atoms with van der Waals surface area (Å²) in [7, 11) is 0. The summed E-state index contributed by atoms with van der Waals surface area (Å²) in [5.41, 5.74) is 0. The molecule has 49 heavy (non-hydrogen) atoms. The maximum Gasteiger partial charge on any atom is 0.305 e. The smallest absolute Gasteiger partial charge is 0.305 e. The second kappa shape index (κ2) is 41.2. The van der Waals surface area contributed by atoms with E-state index in [0.29, 0.717) is 13.0 Å². The average Bonchev–Trinajstić information content (AvgIpc) is 3.10. The Hall–Kier alpha value is -1.21. The van der Waals surface area contributed by atoms with Crippen molar-refractivity contribution in [1.29, 1.82) is 0 Å². The molecule has 0 fully saturated rings. The van der Waals surface area contributed by atoms with Gasteiger partial charge >= 0.3 is 5.97 Å². The third-order valence-corrected chi connectivity index (χ3v) is 9.14. The zero-order valence-electron chi connectivity index (χ0n) is 33.0. The van der Waals surface area contributed by atoms with E-state index in [1.165, 1.54) is 83.5 Å². The molecule has 0 heterocycles. The van der Waals surface area contributed by atoms with Crippen LogP contribution in [0.15, 0.2) is 24.3 Å². The number of nitrogens with zero attached hydrogens (tertiary/aromatic N) is 1. The van der Waals surface area contributed by atoms with Crippen molar-refractivity contribution in [3.63, 3.8) is 0 Å². The van der Waals surface area contributed by atoms with Gasteiger partial charge in [-0.25, -0.2) is 0 Å². The van der Waals surface area contributed by atoms with Gasteiger partial charge in [0.05, 0.1) is 13.2 Å². The number of rotatable bonds is 40. The molecule has 0 aromatic heterocycles. The Balaban J connectivity index is 3.97. The summed E-state index contributed by atoms with van der Waals surface area (Å²) in [5, 5.41) is 9.55. The van der Waals surface area contributed by atoms with Gasteiger partial charge in [0.2, 0.25) is 0 Å². The Morgan fingerprint density at radius 2 is 1.04 bits per heavy atom. The van der Waals surface area contributed by atoms with E-state index in [9.17, 15) is 9.90 Å². The average molecular weight is 694 g/mol. The molecular weight excluding hydrogens is 610 g/mol. The quantitative estimate of drug-likeness (QED) is 0.0298. The molecule has 0 amide bonds. The van der Waals surface area contributed by atoms with Crippen molar-refractivity contribution in [3.8, 4) is 0 Å². The maximum absolute atomic E-state index is 12.0. The Morgan fingerprint density at radius 1 is 0.551 bits per heavy atom. The van der Waals surface area contributed by atoms with Crippen LogP contribution in [-0.2, 0) is 19.0 Å². The molecule has 0 aromatic rings. The molecule has 0 atom stereocenters. The minimum atomic E-state index is -0.0669. The lowest BCUT2D eigenvalue weighted by molar-refractivity contribution is -0.148. The first kappa shape index (κ1) is 47.8. The molecule has 0 aliphatic heterocycles. The second-order valence-corrected chi connectivity index (χ2v) is 13.9. The van der Waals surface area contributed by atoms with E-state index in [-0.39, 0.29) is 18.9 Å². The molecule has 0 unspecified atom stereocenters. The number of hydrogen-bond donors (Lipinski definition) is 1. The molecule has 0 rings (SSSR count). The van der Waals surface area contributed by atoms with E-state index in [1.807, 2.05) is 0 Å². The number of carbonyl (C=O) groups excluding carboxylic acids is 1. The first-order chi connectivity index (χ1) is 24.2. The van der Waals surface area contributed by atoms with Gasteiger partial charge in [0.1, 0.15) is 0 Å². The predicted molar refractivity (Wildman–Crippen MR) is 210 cm³/mol. The molecule has 0 aliphatic carbocycles. The molecule has 6 heteroatoms. The molecular formula is C43H83NO5. The molecule has 0 aromatic carbocycles. The minimum Gasteiger partial charge on any atom is -0.466 e. The van der Waals surface area contributed by atoms with E-state index < -0.39 is 0 Å². The standard InChI is InChI=1S/C43H83NO5/c1-4-7-10-13-16-17-25-30-39-47-42(46)33-26-20-22-29-36-44(37-38-45)35-28-21-18-19-27-34-43(48-40-31-23-14-11-8-5-2)49-41-32-24-15-12-9-6-3/h8-9,11-12,43,45H,4-7,10,13-41H2,1-3H3/b11-8-,12-9-. The van der Waals surface area contributed by atoms with Crippen molar-refractivity contribution >= 4 is 5.97 Å². The number of aliphatic hydroxyl groups excluding tert-OH is 1. The third-order valence-electron chi connectivity index (χ3n) is 9.14. The third kappa shape index (κ3) is 37.9. The lowest BCUT2D eigenvalue weighted by Crippen LogP contribution is -2.29. The largest absolute Gasteiger partial charge is 0.466 e. The molecule has 0 saturated heterocycles. The second-order valence-electron chi connectivity index (χ2n) is 13.9. The van der Waals surface area contributed by atoms with Crippen molar-refractivity contribution in [2.24, 2.45) is 0 Å². The van der Waals surface area contributed by atoms with Crippen LogP contribution >= 0.6 is 0 Å². The van der Waals surface area contributed by atoms with Gasteiger partial charge in [-0.05, 0) is 103 Å². The van der Waals surface area contributed by atoms with Crippen LogP contribution in [0.3, 0.4) is 0 Å². The number of carbonyl (C=O) groups is 1. The zero-order chi connectivity index (χ0) is 35.7. The number of allylic oxidation sites excluding steroid dienone is 4. The van der Waals surface area contributed by atoms with E-state index in [1.54, 1.807) is 0 Å². The normalized spacial score (nSPS) is 12.0. The first-order valence-corrected chi connectivity index (χ1v) is 21.2. The molecule has 0 bridgehead atoms. The van der Waals surface area contributed by atoms with Crippen LogP contribution in [0.1, 0.15) is 194 Å². The van der Waals surface area contributed by atoms with Gasteiger partial charge in [0.15, 0.2) is 6.29 Å². The van der Waals surface area contributed by atoms with Crippen LogP contribution in [0.25, 0.3) is 0 Å². The minimum absolute atomic E-state index is 0.0301. The number of ether oxygens (including phenoxy) is 3. The van der Waals surface area contributed by atoms with Crippen LogP contribution in [-0.4, -0.2) is 68.3 Å². The summed E-state index contributed by atoms with van der Waals surface area (Å²) >= 11 is 0. The van der Waals surface area contributed by atoms with Crippen molar-refractivity contribution in [1.82, 2.24) is 4.90 Å². The molecule has 0 aliphatic rings. The summed E-state index contributed by atoms with van der Waals surface area (Å²) in [6.07, 6.45) is 39.9. The molecule has 0 saturated carbocycles. The number of esters is 1. The lowest BCUT2D eigenvalue weighted by atomic mass is 10.1. The van der Waals surface area contributed by atoms with Crippen molar-refractivity contribution in [2.45, 2.75) is 200 Å². The van der Waals surface area contributed by atoms with Crippen LogP contribution in [0.2, 0.25) is 0 Å². The Bertz CT molecular complexity index is 688. The first-order valence-electron chi connectivity index (χ1n) is 21.2. The maximum atomic E-state index is 12.0. The molecule has 290 valence electrons. The van der Waals surface area contributed by atoms with Gasteiger partial charge in [-0.3, -0.25) is 4.79 Å². The number of aliphatic hydroxyl groups is 1. The van der Waals surface area contributed by atoms with Crippen molar-refractivity contribution < 1.29 is 24.1 Å². The molecule has 0 spiro atoms. The van der Waals surface area contributed by atoms with E-state index in [0.717, 1.165) is 116 Å². The summed E-state index contributed by atoms with van der Waals surface area (Å²) in [4.78, 5) is 14.4. The van der Waals surface area contributed by atoms with Crippen LogP contribution in [0, 0.1) is 0 Å². The Morgan fingerprint density at radius 3 is 1.59 bits per heavy atom. The summed E-state index contributed by atoms with van der Waals surface area (Å²) in [6.45, 7) is 11.8. The van der Waals surface area contributed by atoms with Crippen LogP contribution in [0.5, 0.6) is 0 Å². The Labute approximate surface area is 305 Å². The molecule has 1 N–H and O–H groups in total. The highest BCUT2D eigenvalue weighted by Crippen LogP contribution is 2.14. The van der Waals surface area contributed by atoms with E-state index in [2.05, 4.69) is 50.0 Å². The lowest BCUT2D eigenvalue weighted by Gasteiger charge is -2.21. The monoisotopic (exact) mass is 694 g/mol. The Kier molecular flexibility index (Phi) is 40.2. The summed E-state index contributed by atoms with van der Waals surface area (Å²) in [6, 6.07) is 0. The van der Waals surface area contributed by atoms with Gasteiger partial charge in [-0.2, -0.15) is 0 Å².